The average Bonchev–Trinajstić information content (AvgIpc) is 2.59. The molecule has 0 atom stereocenters. The Morgan fingerprint density at radius 3 is 2.44 bits per heavy atom. The number of aromatic nitrogens is 2. The van der Waals surface area contributed by atoms with Crippen molar-refractivity contribution in [3.8, 4) is 0 Å². The zero-order valence-corrected chi connectivity index (χ0v) is 9.36. The smallest absolute Gasteiger partial charge is 0.277 e. The number of nitrogens with zero attached hydrogens (tertiary/aromatic N) is 2. The van der Waals surface area contributed by atoms with Crippen molar-refractivity contribution < 1.29 is 4.79 Å². The predicted octanol–water partition coefficient (Wildman–Crippen LogP) is 1.11. The first-order valence-electron chi connectivity index (χ1n) is 4.93. The van der Waals surface area contributed by atoms with E-state index in [0.29, 0.717) is 24.5 Å². The molecule has 0 saturated heterocycles. The van der Waals surface area contributed by atoms with E-state index in [-0.39, 0.29) is 11.6 Å². The summed E-state index contributed by atoms with van der Waals surface area (Å²) in [5.74, 6) is -0.221. The summed E-state index contributed by atoms with van der Waals surface area (Å²) in [5, 5.41) is 6.57. The highest BCUT2D eigenvalue weighted by atomic mass is 16.2. The molecule has 0 unspecified atom stereocenters. The number of hydrogen-bond donors (Lipinski definition) is 2. The molecule has 0 radical (unpaired) electrons. The van der Waals surface area contributed by atoms with Gasteiger partial charge in [0.2, 0.25) is 0 Å². The maximum absolute atomic E-state index is 12.0. The molecule has 3 N–H and O–H groups in total. The molecule has 0 aliphatic carbocycles. The number of rotatable bonds is 5. The van der Waals surface area contributed by atoms with Crippen LogP contribution in [-0.2, 0) is 0 Å². The van der Waals surface area contributed by atoms with Crippen molar-refractivity contribution in [2.45, 2.75) is 6.92 Å². The van der Waals surface area contributed by atoms with E-state index in [0.717, 1.165) is 0 Å². The number of nitrogens with two attached hydrogens (primary N) is 1. The monoisotopic (exact) mass is 220 g/mol. The fourth-order valence-corrected chi connectivity index (χ4v) is 1.30. The van der Waals surface area contributed by atoms with Crippen LogP contribution >= 0.6 is 0 Å². The molecule has 1 rings (SSSR count). The van der Waals surface area contributed by atoms with Crippen molar-refractivity contribution >= 4 is 11.6 Å². The lowest BCUT2D eigenvalue weighted by Crippen LogP contribution is -2.32. The van der Waals surface area contributed by atoms with Crippen molar-refractivity contribution in [2.75, 3.05) is 18.8 Å². The second-order valence-electron chi connectivity index (χ2n) is 3.40. The topological polar surface area (TPSA) is 75.0 Å². The third-order valence-corrected chi connectivity index (χ3v) is 2.18. The zero-order valence-electron chi connectivity index (χ0n) is 9.36. The molecule has 1 heterocycles. The van der Waals surface area contributed by atoms with Gasteiger partial charge in [0.15, 0.2) is 5.69 Å². The van der Waals surface area contributed by atoms with Crippen molar-refractivity contribution in [1.29, 1.82) is 0 Å². The predicted molar refractivity (Wildman–Crippen MR) is 64.0 cm³/mol. The standard InChI is InChI=1S/C11H16N4O/c1-4-6-15(7-5-2)11(16)10-9(12)8(3)13-14-10/h4-5H,1-2,6-7,12H2,3H3,(H,13,14). The van der Waals surface area contributed by atoms with Gasteiger partial charge in [-0.25, -0.2) is 0 Å². The Balaban J connectivity index is 2.93. The van der Waals surface area contributed by atoms with Crippen LogP contribution in [0, 0.1) is 6.92 Å². The molecule has 0 aliphatic rings. The highest BCUT2D eigenvalue weighted by molar-refractivity contribution is 5.97. The van der Waals surface area contributed by atoms with E-state index in [1.54, 1.807) is 24.0 Å². The van der Waals surface area contributed by atoms with Crippen LogP contribution in [-0.4, -0.2) is 34.1 Å². The summed E-state index contributed by atoms with van der Waals surface area (Å²) in [7, 11) is 0. The summed E-state index contributed by atoms with van der Waals surface area (Å²) < 4.78 is 0. The minimum Gasteiger partial charge on any atom is -0.395 e. The first-order valence-corrected chi connectivity index (χ1v) is 4.93. The number of hydrogen-bond acceptors (Lipinski definition) is 3. The van der Waals surface area contributed by atoms with E-state index in [4.69, 9.17) is 5.73 Å². The lowest BCUT2D eigenvalue weighted by Gasteiger charge is -2.18. The van der Waals surface area contributed by atoms with Crippen LogP contribution in [0.15, 0.2) is 25.3 Å². The molecule has 5 heteroatoms. The molecule has 0 spiro atoms. The van der Waals surface area contributed by atoms with Crippen molar-refractivity contribution in [1.82, 2.24) is 15.1 Å². The number of aryl methyl sites for hydroxylation is 1. The Labute approximate surface area is 94.6 Å². The van der Waals surface area contributed by atoms with E-state index in [1.165, 1.54) is 0 Å². The molecule has 16 heavy (non-hydrogen) atoms. The van der Waals surface area contributed by atoms with E-state index in [9.17, 15) is 4.79 Å². The Bertz CT molecular complexity index is 398. The third-order valence-electron chi connectivity index (χ3n) is 2.18. The number of amides is 1. The van der Waals surface area contributed by atoms with Crippen LogP contribution < -0.4 is 5.73 Å². The van der Waals surface area contributed by atoms with Crippen LogP contribution in [0.2, 0.25) is 0 Å². The fraction of sp³-hybridized carbons (Fsp3) is 0.273. The zero-order chi connectivity index (χ0) is 12.1. The van der Waals surface area contributed by atoms with Gasteiger partial charge in [0.05, 0.1) is 11.4 Å². The van der Waals surface area contributed by atoms with E-state index in [1.807, 2.05) is 0 Å². The van der Waals surface area contributed by atoms with Crippen molar-refractivity contribution in [2.24, 2.45) is 0 Å². The summed E-state index contributed by atoms with van der Waals surface area (Å²) in [6, 6.07) is 0. The maximum Gasteiger partial charge on any atom is 0.277 e. The molecular weight excluding hydrogens is 204 g/mol. The Morgan fingerprint density at radius 1 is 1.50 bits per heavy atom. The number of H-pyrrole nitrogens is 1. The molecule has 0 aliphatic heterocycles. The Kier molecular flexibility index (Phi) is 3.88. The summed E-state index contributed by atoms with van der Waals surface area (Å²) in [4.78, 5) is 13.6. The van der Waals surface area contributed by atoms with Gasteiger partial charge in [0, 0.05) is 13.1 Å². The first-order chi connectivity index (χ1) is 7.61. The molecule has 0 saturated carbocycles. The van der Waals surface area contributed by atoms with Gasteiger partial charge in [-0.2, -0.15) is 5.10 Å². The van der Waals surface area contributed by atoms with Gasteiger partial charge in [-0.15, -0.1) is 13.2 Å². The van der Waals surface area contributed by atoms with Gasteiger partial charge < -0.3 is 10.6 Å². The number of carbonyl (C=O) groups is 1. The summed E-state index contributed by atoms with van der Waals surface area (Å²) in [5.41, 5.74) is 7.08. The van der Waals surface area contributed by atoms with E-state index in [2.05, 4.69) is 23.4 Å². The molecule has 86 valence electrons. The van der Waals surface area contributed by atoms with Crippen LogP contribution in [0.4, 0.5) is 5.69 Å². The highest BCUT2D eigenvalue weighted by Crippen LogP contribution is 2.14. The van der Waals surface area contributed by atoms with E-state index < -0.39 is 0 Å². The minimum absolute atomic E-state index is 0.221. The van der Waals surface area contributed by atoms with Gasteiger partial charge in [-0.1, -0.05) is 12.2 Å². The maximum atomic E-state index is 12.0. The molecule has 1 aromatic rings. The lowest BCUT2D eigenvalue weighted by molar-refractivity contribution is 0.0786. The van der Waals surface area contributed by atoms with Gasteiger partial charge in [0.25, 0.3) is 5.91 Å². The van der Waals surface area contributed by atoms with Crippen LogP contribution in [0.1, 0.15) is 16.2 Å². The second kappa shape index (κ2) is 5.16. The molecule has 0 fully saturated rings. The number of nitrogens with one attached hydrogen (secondary N) is 1. The Morgan fingerprint density at radius 2 is 2.06 bits per heavy atom. The summed E-state index contributed by atoms with van der Waals surface area (Å²) in [6.45, 7) is 9.85. The molecule has 0 aromatic carbocycles. The lowest BCUT2D eigenvalue weighted by atomic mass is 10.2. The fourth-order valence-electron chi connectivity index (χ4n) is 1.30. The molecule has 1 aromatic heterocycles. The van der Waals surface area contributed by atoms with E-state index >= 15 is 0 Å². The normalized spacial score (nSPS) is 9.81. The molecule has 5 nitrogen and oxygen atoms in total. The average molecular weight is 220 g/mol. The largest absolute Gasteiger partial charge is 0.395 e. The van der Waals surface area contributed by atoms with Crippen LogP contribution in [0.3, 0.4) is 0 Å². The van der Waals surface area contributed by atoms with Gasteiger partial charge in [-0.05, 0) is 6.92 Å². The molecule has 0 bridgehead atoms. The minimum atomic E-state index is -0.221. The highest BCUT2D eigenvalue weighted by Gasteiger charge is 2.20. The van der Waals surface area contributed by atoms with Gasteiger partial charge in [-0.3, -0.25) is 9.89 Å². The van der Waals surface area contributed by atoms with Gasteiger partial charge in [0.1, 0.15) is 0 Å². The van der Waals surface area contributed by atoms with Crippen molar-refractivity contribution in [3.05, 3.63) is 36.7 Å². The first kappa shape index (κ1) is 12.0. The second-order valence-corrected chi connectivity index (χ2v) is 3.40. The summed E-state index contributed by atoms with van der Waals surface area (Å²) >= 11 is 0. The molecule has 1 amide bonds. The van der Waals surface area contributed by atoms with Crippen LogP contribution in [0.5, 0.6) is 0 Å². The number of aromatic amines is 1. The SMILES string of the molecule is C=CCN(CC=C)C(=O)c1n[nH]c(C)c1N. The van der Waals surface area contributed by atoms with Gasteiger partial charge >= 0.3 is 0 Å². The number of anilines is 1. The number of nitrogen functional groups attached to an aromatic ring is 1. The van der Waals surface area contributed by atoms with Crippen LogP contribution in [0.25, 0.3) is 0 Å². The quantitative estimate of drug-likeness (QED) is 0.730. The third kappa shape index (κ3) is 2.31. The number of carbonyl (C=O) groups excluding carboxylic acids is 1. The van der Waals surface area contributed by atoms with Crippen molar-refractivity contribution in [3.63, 3.8) is 0 Å². The summed E-state index contributed by atoms with van der Waals surface area (Å²) in [6.07, 6.45) is 3.30. The Hall–Kier alpha value is -2.04. The molecular formula is C11H16N4O.